The number of hydrogen-bond acceptors (Lipinski definition) is 4. The summed E-state index contributed by atoms with van der Waals surface area (Å²) in [6.45, 7) is 1.74. The molecule has 0 radical (unpaired) electrons. The molecule has 1 N–H and O–H groups in total. The molecule has 4 rings (SSSR count). The Morgan fingerprint density at radius 2 is 1.39 bits per heavy atom. The van der Waals surface area contributed by atoms with Crippen LogP contribution in [0.15, 0.2) is 120 Å². The number of nitrogens with zero attached hydrogens (tertiary/aromatic N) is 2. The first-order valence-corrected chi connectivity index (χ1v) is 15.1. The van der Waals surface area contributed by atoms with Crippen molar-refractivity contribution in [1.29, 1.82) is 0 Å². The van der Waals surface area contributed by atoms with E-state index in [1.807, 2.05) is 43.3 Å². The van der Waals surface area contributed by atoms with E-state index in [1.54, 1.807) is 66.7 Å². The minimum Gasteiger partial charge on any atom is -0.355 e. The molecule has 0 aliphatic heterocycles. The summed E-state index contributed by atoms with van der Waals surface area (Å²) < 4.78 is 28.8. The summed E-state index contributed by atoms with van der Waals surface area (Å²) in [7, 11) is -4.11. The monoisotopic (exact) mass is 589 g/mol. The number of amides is 2. The molecule has 0 bridgehead atoms. The first-order valence-electron chi connectivity index (χ1n) is 13.3. The zero-order valence-corrected chi connectivity index (χ0v) is 24.3. The lowest BCUT2D eigenvalue weighted by molar-refractivity contribution is -0.140. The van der Waals surface area contributed by atoms with Crippen LogP contribution in [0, 0.1) is 0 Å². The molecule has 212 valence electrons. The van der Waals surface area contributed by atoms with Crippen molar-refractivity contribution < 1.29 is 18.0 Å². The van der Waals surface area contributed by atoms with Crippen molar-refractivity contribution in [3.8, 4) is 0 Å². The number of para-hydroxylation sites is 1. The molecule has 0 heterocycles. The summed E-state index contributed by atoms with van der Waals surface area (Å²) in [5, 5.41) is 3.34. The Kier molecular flexibility index (Phi) is 10.2. The third kappa shape index (κ3) is 7.74. The quantitative estimate of drug-likeness (QED) is 0.243. The molecule has 0 fully saturated rings. The van der Waals surface area contributed by atoms with E-state index in [1.165, 1.54) is 17.0 Å². The number of carbonyl (C=O) groups excluding carboxylic acids is 2. The van der Waals surface area contributed by atoms with Gasteiger partial charge in [-0.1, -0.05) is 90.5 Å². The fourth-order valence-corrected chi connectivity index (χ4v) is 6.17. The van der Waals surface area contributed by atoms with E-state index in [9.17, 15) is 18.0 Å². The molecule has 0 aromatic heterocycles. The van der Waals surface area contributed by atoms with E-state index < -0.39 is 28.5 Å². The smallest absolute Gasteiger partial charge is 0.264 e. The zero-order valence-electron chi connectivity index (χ0n) is 22.7. The lowest BCUT2D eigenvalue weighted by atomic mass is 10.0. The van der Waals surface area contributed by atoms with Gasteiger partial charge in [-0.3, -0.25) is 13.9 Å². The highest BCUT2D eigenvalue weighted by Gasteiger charge is 2.34. The molecule has 1 unspecified atom stereocenters. The predicted molar refractivity (Wildman–Crippen MR) is 162 cm³/mol. The minimum atomic E-state index is -4.11. The van der Waals surface area contributed by atoms with Gasteiger partial charge in [0.2, 0.25) is 11.8 Å². The van der Waals surface area contributed by atoms with Crippen molar-refractivity contribution in [2.75, 3.05) is 17.4 Å². The fraction of sp³-hybridized carbons (Fsp3) is 0.188. The number of likely N-dealkylation sites (N-methyl/N-ethyl adjacent to an activating group) is 1. The maximum absolute atomic E-state index is 14.2. The highest BCUT2D eigenvalue weighted by molar-refractivity contribution is 7.92. The summed E-state index contributed by atoms with van der Waals surface area (Å²) >= 11 is 6.25. The average molecular weight is 590 g/mol. The first-order chi connectivity index (χ1) is 19.8. The van der Waals surface area contributed by atoms with Crippen LogP contribution in [0.5, 0.6) is 0 Å². The number of nitrogens with one attached hydrogen (secondary N) is 1. The second-order valence-electron chi connectivity index (χ2n) is 9.41. The molecule has 0 spiro atoms. The van der Waals surface area contributed by atoms with Gasteiger partial charge < -0.3 is 10.2 Å². The van der Waals surface area contributed by atoms with Crippen LogP contribution in [0.25, 0.3) is 0 Å². The van der Waals surface area contributed by atoms with Crippen LogP contribution >= 0.6 is 11.6 Å². The van der Waals surface area contributed by atoms with E-state index in [2.05, 4.69) is 5.32 Å². The van der Waals surface area contributed by atoms with Gasteiger partial charge in [0.1, 0.15) is 12.6 Å². The molecule has 4 aromatic rings. The number of rotatable bonds is 12. The molecule has 0 saturated heterocycles. The third-order valence-corrected chi connectivity index (χ3v) is 8.54. The van der Waals surface area contributed by atoms with Crippen LogP contribution < -0.4 is 9.62 Å². The number of sulfonamides is 1. The maximum atomic E-state index is 14.2. The van der Waals surface area contributed by atoms with Crippen molar-refractivity contribution in [3.05, 3.63) is 131 Å². The molecule has 9 heteroatoms. The number of hydrogen-bond donors (Lipinski definition) is 1. The predicted octanol–water partition coefficient (Wildman–Crippen LogP) is 5.31. The van der Waals surface area contributed by atoms with Gasteiger partial charge in [-0.05, 0) is 54.4 Å². The van der Waals surface area contributed by atoms with Gasteiger partial charge in [-0.2, -0.15) is 0 Å². The van der Waals surface area contributed by atoms with E-state index >= 15 is 0 Å². The topological polar surface area (TPSA) is 86.8 Å². The van der Waals surface area contributed by atoms with E-state index in [0.717, 1.165) is 9.87 Å². The normalized spacial score (nSPS) is 11.9. The summed E-state index contributed by atoms with van der Waals surface area (Å²) in [6.07, 6.45) is 0.246. The SMILES string of the molecule is CCNC(=O)C(Cc1ccccc1)N(Cc1cccc(Cl)c1)C(=O)CN(c1ccccc1)S(=O)(=O)c1ccccc1. The number of halogens is 1. The molecule has 0 aliphatic carbocycles. The molecule has 41 heavy (non-hydrogen) atoms. The van der Waals surface area contributed by atoms with E-state index in [-0.39, 0.29) is 23.8 Å². The minimum absolute atomic E-state index is 0.0576. The Hall–Kier alpha value is -4.14. The van der Waals surface area contributed by atoms with Crippen molar-refractivity contribution in [2.24, 2.45) is 0 Å². The lowest BCUT2D eigenvalue weighted by Gasteiger charge is -2.33. The second-order valence-corrected chi connectivity index (χ2v) is 11.7. The number of anilines is 1. The van der Waals surface area contributed by atoms with Gasteiger partial charge in [-0.25, -0.2) is 8.42 Å². The molecule has 0 aliphatic rings. The van der Waals surface area contributed by atoms with Crippen LogP contribution in [-0.4, -0.2) is 44.3 Å². The van der Waals surface area contributed by atoms with Crippen molar-refractivity contribution in [1.82, 2.24) is 10.2 Å². The van der Waals surface area contributed by atoms with E-state index in [0.29, 0.717) is 22.8 Å². The van der Waals surface area contributed by atoms with Crippen molar-refractivity contribution in [3.63, 3.8) is 0 Å². The average Bonchev–Trinajstić information content (AvgIpc) is 2.99. The molecular formula is C32H32ClN3O4S. The highest BCUT2D eigenvalue weighted by atomic mass is 35.5. The Bertz CT molecular complexity index is 1550. The van der Waals surface area contributed by atoms with Crippen LogP contribution in [0.1, 0.15) is 18.1 Å². The molecular weight excluding hydrogens is 558 g/mol. The summed E-state index contributed by atoms with van der Waals surface area (Å²) in [6, 6.07) is 32.0. The Labute approximate surface area is 246 Å². The van der Waals surface area contributed by atoms with Gasteiger partial charge in [0.05, 0.1) is 10.6 Å². The standard InChI is InChI=1S/C32H32ClN3O4S/c1-2-34-32(38)30(22-25-13-6-3-7-14-25)35(23-26-15-12-16-27(33)21-26)31(37)24-36(28-17-8-4-9-18-28)41(39,40)29-19-10-5-11-20-29/h3-21,30H,2,22-24H2,1H3,(H,34,38). The van der Waals surface area contributed by atoms with Crippen molar-refractivity contribution >= 4 is 39.1 Å². The zero-order chi connectivity index (χ0) is 29.2. The van der Waals surface area contributed by atoms with Gasteiger partial charge >= 0.3 is 0 Å². The summed E-state index contributed by atoms with van der Waals surface area (Å²) in [4.78, 5) is 29.2. The molecule has 7 nitrogen and oxygen atoms in total. The summed E-state index contributed by atoms with van der Waals surface area (Å²) in [5.74, 6) is -0.857. The van der Waals surface area contributed by atoms with Gasteiger partial charge in [0, 0.05) is 24.5 Å². The maximum Gasteiger partial charge on any atom is 0.264 e. The second kappa shape index (κ2) is 14.0. The van der Waals surface area contributed by atoms with Crippen LogP contribution in [-0.2, 0) is 32.6 Å². The van der Waals surface area contributed by atoms with Crippen LogP contribution in [0.2, 0.25) is 5.02 Å². The fourth-order valence-electron chi connectivity index (χ4n) is 4.52. The van der Waals surface area contributed by atoms with Crippen LogP contribution in [0.3, 0.4) is 0 Å². The Balaban J connectivity index is 1.77. The van der Waals surface area contributed by atoms with Crippen LogP contribution in [0.4, 0.5) is 5.69 Å². The third-order valence-electron chi connectivity index (χ3n) is 6.52. The number of carbonyl (C=O) groups is 2. The summed E-state index contributed by atoms with van der Waals surface area (Å²) in [5.41, 5.74) is 1.92. The Morgan fingerprint density at radius 1 is 0.805 bits per heavy atom. The molecule has 4 aromatic carbocycles. The van der Waals surface area contributed by atoms with Gasteiger partial charge in [0.15, 0.2) is 0 Å². The number of benzene rings is 4. The highest BCUT2D eigenvalue weighted by Crippen LogP contribution is 2.25. The van der Waals surface area contributed by atoms with E-state index in [4.69, 9.17) is 11.6 Å². The largest absolute Gasteiger partial charge is 0.355 e. The lowest BCUT2D eigenvalue weighted by Crippen LogP contribution is -2.53. The molecule has 0 saturated carbocycles. The molecule has 2 amide bonds. The first kappa shape index (κ1) is 29.8. The van der Waals surface area contributed by atoms with Crippen molar-refractivity contribution in [2.45, 2.75) is 30.8 Å². The van der Waals surface area contributed by atoms with Gasteiger partial charge in [-0.15, -0.1) is 0 Å². The Morgan fingerprint density at radius 3 is 2.00 bits per heavy atom. The molecule has 1 atom stereocenters. The van der Waals surface area contributed by atoms with Gasteiger partial charge in [0.25, 0.3) is 10.0 Å².